The number of aliphatic hydroxyl groups excluding tert-OH is 1. The van der Waals surface area contributed by atoms with Crippen molar-refractivity contribution in [1.29, 1.82) is 0 Å². The molecule has 2 aromatic rings. The number of ether oxygens (including phenoxy) is 2. The molecule has 2 atom stereocenters. The number of hydrogen-bond donors (Lipinski definition) is 1. The zero-order chi connectivity index (χ0) is 23.0. The highest BCUT2D eigenvalue weighted by Crippen LogP contribution is 2.42. The van der Waals surface area contributed by atoms with E-state index in [-0.39, 0.29) is 22.9 Å². The first-order valence-corrected chi connectivity index (χ1v) is 11.7. The van der Waals surface area contributed by atoms with E-state index in [1.54, 1.807) is 24.1 Å². The summed E-state index contributed by atoms with van der Waals surface area (Å²) in [4.78, 5) is 28.6. The lowest BCUT2D eigenvalue weighted by Gasteiger charge is -2.26. The standard InChI is InChI=1S/C25H29NO5S/c1-25(2,3)17-13-15(9-10-18(17)30-4)22(27)20-21(19-8-6-12-32-19)26(24(29)23(20)28)14-16-7-5-11-31-16/h6,8-10,12-13,16,21,27H,5,7,11,14H2,1-4H3/b22-20-. The maximum atomic E-state index is 13.1. The van der Waals surface area contributed by atoms with Crippen LogP contribution in [0.1, 0.15) is 55.7 Å². The van der Waals surface area contributed by atoms with Crippen LogP contribution in [0.5, 0.6) is 5.75 Å². The average Bonchev–Trinajstić information content (AvgIpc) is 3.51. The van der Waals surface area contributed by atoms with Crippen LogP contribution in [-0.2, 0) is 19.7 Å². The number of likely N-dealkylation sites (tertiary alicyclic amines) is 1. The first-order chi connectivity index (χ1) is 15.2. The predicted octanol–water partition coefficient (Wildman–Crippen LogP) is 4.65. The van der Waals surface area contributed by atoms with Gasteiger partial charge in [-0.3, -0.25) is 9.59 Å². The topological polar surface area (TPSA) is 76.1 Å². The fourth-order valence-electron chi connectivity index (χ4n) is 4.42. The number of carbonyl (C=O) groups is 2. The van der Waals surface area contributed by atoms with Gasteiger partial charge in [0.1, 0.15) is 11.5 Å². The van der Waals surface area contributed by atoms with Gasteiger partial charge in [-0.05, 0) is 47.9 Å². The van der Waals surface area contributed by atoms with Crippen LogP contribution < -0.4 is 4.74 Å². The van der Waals surface area contributed by atoms with Crippen molar-refractivity contribution in [1.82, 2.24) is 4.90 Å². The number of carbonyl (C=O) groups excluding carboxylic acids is 2. The lowest BCUT2D eigenvalue weighted by Crippen LogP contribution is -2.36. The van der Waals surface area contributed by atoms with Crippen LogP contribution in [0.3, 0.4) is 0 Å². The van der Waals surface area contributed by atoms with Crippen molar-refractivity contribution in [2.24, 2.45) is 0 Å². The highest BCUT2D eigenvalue weighted by Gasteiger charge is 2.47. The second-order valence-electron chi connectivity index (χ2n) is 9.27. The molecule has 0 saturated carbocycles. The van der Waals surface area contributed by atoms with E-state index < -0.39 is 17.7 Å². The van der Waals surface area contributed by atoms with Crippen LogP contribution in [0.4, 0.5) is 0 Å². The third-order valence-electron chi connectivity index (χ3n) is 6.06. The Labute approximate surface area is 192 Å². The van der Waals surface area contributed by atoms with Crippen molar-refractivity contribution in [3.8, 4) is 5.75 Å². The summed E-state index contributed by atoms with van der Waals surface area (Å²) >= 11 is 1.46. The second-order valence-corrected chi connectivity index (χ2v) is 10.2. The summed E-state index contributed by atoms with van der Waals surface area (Å²) in [6.45, 7) is 7.17. The zero-order valence-electron chi connectivity index (χ0n) is 18.9. The van der Waals surface area contributed by atoms with Gasteiger partial charge in [-0.1, -0.05) is 26.8 Å². The molecule has 1 aromatic carbocycles. The van der Waals surface area contributed by atoms with Crippen molar-refractivity contribution >= 4 is 28.8 Å². The minimum absolute atomic E-state index is 0.0933. The van der Waals surface area contributed by atoms with Crippen LogP contribution in [-0.4, -0.2) is 48.1 Å². The predicted molar refractivity (Wildman–Crippen MR) is 124 cm³/mol. The molecule has 2 fully saturated rings. The van der Waals surface area contributed by atoms with Gasteiger partial charge in [-0.25, -0.2) is 0 Å². The summed E-state index contributed by atoms with van der Waals surface area (Å²) in [5.41, 5.74) is 1.29. The molecule has 1 aromatic heterocycles. The summed E-state index contributed by atoms with van der Waals surface area (Å²) in [5.74, 6) is -0.704. The summed E-state index contributed by atoms with van der Waals surface area (Å²) in [7, 11) is 1.61. The molecule has 7 heteroatoms. The van der Waals surface area contributed by atoms with Gasteiger partial charge in [0.25, 0.3) is 11.7 Å². The second kappa shape index (κ2) is 8.71. The Morgan fingerprint density at radius 3 is 2.66 bits per heavy atom. The van der Waals surface area contributed by atoms with Gasteiger partial charge >= 0.3 is 0 Å². The summed E-state index contributed by atoms with van der Waals surface area (Å²) < 4.78 is 11.2. The van der Waals surface area contributed by atoms with E-state index >= 15 is 0 Å². The first kappa shape index (κ1) is 22.6. The van der Waals surface area contributed by atoms with Crippen molar-refractivity contribution in [3.05, 3.63) is 57.3 Å². The van der Waals surface area contributed by atoms with Gasteiger partial charge in [0.15, 0.2) is 0 Å². The lowest BCUT2D eigenvalue weighted by atomic mass is 9.84. The molecular weight excluding hydrogens is 426 g/mol. The number of nitrogens with zero attached hydrogens (tertiary/aromatic N) is 1. The molecule has 0 bridgehead atoms. The smallest absolute Gasteiger partial charge is 0.295 e. The van der Waals surface area contributed by atoms with Crippen LogP contribution in [0.2, 0.25) is 0 Å². The van der Waals surface area contributed by atoms with Crippen molar-refractivity contribution in [2.75, 3.05) is 20.3 Å². The van der Waals surface area contributed by atoms with E-state index in [2.05, 4.69) is 20.8 Å². The highest BCUT2D eigenvalue weighted by atomic mass is 32.1. The Balaban J connectivity index is 1.82. The molecule has 1 amide bonds. The number of rotatable bonds is 5. The van der Waals surface area contributed by atoms with E-state index in [4.69, 9.17) is 9.47 Å². The Kier molecular flexibility index (Phi) is 6.14. The minimum atomic E-state index is -0.660. The third kappa shape index (κ3) is 4.07. The minimum Gasteiger partial charge on any atom is -0.507 e. The van der Waals surface area contributed by atoms with Crippen LogP contribution in [0, 0.1) is 0 Å². The van der Waals surface area contributed by atoms with Gasteiger partial charge in [0, 0.05) is 29.2 Å². The first-order valence-electron chi connectivity index (χ1n) is 10.8. The molecule has 3 heterocycles. The molecule has 4 rings (SSSR count). The summed E-state index contributed by atoms with van der Waals surface area (Å²) in [6.07, 6.45) is 1.71. The van der Waals surface area contributed by atoms with Gasteiger partial charge in [-0.2, -0.15) is 0 Å². The largest absolute Gasteiger partial charge is 0.507 e. The van der Waals surface area contributed by atoms with E-state index in [1.165, 1.54) is 11.3 Å². The molecule has 170 valence electrons. The van der Waals surface area contributed by atoms with Crippen molar-refractivity contribution in [2.45, 2.75) is 51.2 Å². The molecule has 1 N–H and O–H groups in total. The molecule has 0 spiro atoms. The number of aliphatic hydroxyl groups is 1. The van der Waals surface area contributed by atoms with Gasteiger partial charge in [-0.15, -0.1) is 11.3 Å². The number of ketones is 1. The number of benzene rings is 1. The molecule has 0 aliphatic carbocycles. The van der Waals surface area contributed by atoms with Gasteiger partial charge in [0.2, 0.25) is 0 Å². The third-order valence-corrected chi connectivity index (χ3v) is 6.98. The molecule has 2 aliphatic rings. The van der Waals surface area contributed by atoms with Crippen LogP contribution >= 0.6 is 11.3 Å². The molecule has 2 aliphatic heterocycles. The Morgan fingerprint density at radius 2 is 2.06 bits per heavy atom. The van der Waals surface area contributed by atoms with Gasteiger partial charge < -0.3 is 19.5 Å². The quantitative estimate of drug-likeness (QED) is 0.403. The van der Waals surface area contributed by atoms with E-state index in [9.17, 15) is 14.7 Å². The number of amides is 1. The number of Topliss-reactive ketones (excluding diaryl/α,β-unsaturated/α-hetero) is 1. The average molecular weight is 456 g/mol. The van der Waals surface area contributed by atoms with E-state index in [0.717, 1.165) is 23.3 Å². The fourth-order valence-corrected chi connectivity index (χ4v) is 5.26. The lowest BCUT2D eigenvalue weighted by molar-refractivity contribution is -0.140. The maximum absolute atomic E-state index is 13.1. The SMILES string of the molecule is COc1ccc(/C(O)=C2/C(=O)C(=O)N(CC3CCCO3)C2c2cccs2)cc1C(C)(C)C. The highest BCUT2D eigenvalue weighted by molar-refractivity contribution is 7.10. The Bertz CT molecular complexity index is 1040. The zero-order valence-corrected chi connectivity index (χ0v) is 19.7. The molecule has 32 heavy (non-hydrogen) atoms. The number of methoxy groups -OCH3 is 1. The Morgan fingerprint density at radius 1 is 1.28 bits per heavy atom. The van der Waals surface area contributed by atoms with Crippen molar-refractivity contribution < 1.29 is 24.2 Å². The normalized spacial score (nSPS) is 23.2. The molecule has 0 radical (unpaired) electrons. The van der Waals surface area contributed by atoms with Gasteiger partial charge in [0.05, 0.1) is 24.8 Å². The van der Waals surface area contributed by atoms with Crippen LogP contribution in [0.15, 0.2) is 41.3 Å². The van der Waals surface area contributed by atoms with Crippen LogP contribution in [0.25, 0.3) is 5.76 Å². The molecule has 2 unspecified atom stereocenters. The summed E-state index contributed by atoms with van der Waals surface area (Å²) in [6, 6.07) is 8.51. The molecule has 6 nitrogen and oxygen atoms in total. The number of thiophene rings is 1. The van der Waals surface area contributed by atoms with E-state index in [1.807, 2.05) is 23.6 Å². The molecular formula is C25H29NO5S. The summed E-state index contributed by atoms with van der Waals surface area (Å²) in [5, 5.41) is 13.2. The van der Waals surface area contributed by atoms with E-state index in [0.29, 0.717) is 24.5 Å². The van der Waals surface area contributed by atoms with Crippen molar-refractivity contribution in [3.63, 3.8) is 0 Å². The fraction of sp³-hybridized carbons (Fsp3) is 0.440. The molecule has 2 saturated heterocycles. The Hall–Kier alpha value is -2.64. The monoisotopic (exact) mass is 455 g/mol. The maximum Gasteiger partial charge on any atom is 0.295 e. The number of hydrogen-bond acceptors (Lipinski definition) is 6.